The van der Waals surface area contributed by atoms with Crippen molar-refractivity contribution >= 4 is 11.7 Å². The number of rotatable bonds is 2. The van der Waals surface area contributed by atoms with Crippen LogP contribution in [0.25, 0.3) is 0 Å². The minimum absolute atomic E-state index is 0.205. The largest absolute Gasteiger partial charge is 0.459 e. The topological polar surface area (TPSA) is 149 Å². The van der Waals surface area contributed by atoms with E-state index in [1.807, 2.05) is 0 Å². The molecule has 182 valence electrons. The van der Waals surface area contributed by atoms with E-state index in [2.05, 4.69) is 5.16 Å². The molecule has 0 radical (unpaired) electrons. The molecule has 1 heterocycles. The number of esters is 1. The Kier molecular flexibility index (Phi) is 9.47. The van der Waals surface area contributed by atoms with Gasteiger partial charge in [0.1, 0.15) is 11.7 Å². The first-order valence-electron chi connectivity index (χ1n) is 10.9. The van der Waals surface area contributed by atoms with Gasteiger partial charge in [-0.3, -0.25) is 4.79 Å². The van der Waals surface area contributed by atoms with Crippen molar-refractivity contribution in [1.82, 2.24) is 0 Å². The van der Waals surface area contributed by atoms with Crippen LogP contribution in [-0.2, 0) is 14.3 Å². The van der Waals surface area contributed by atoms with Crippen molar-refractivity contribution in [2.24, 2.45) is 28.8 Å². The van der Waals surface area contributed by atoms with Crippen LogP contribution in [-0.4, -0.2) is 80.0 Å². The van der Waals surface area contributed by atoms with E-state index in [9.17, 15) is 30.4 Å². The van der Waals surface area contributed by atoms with Gasteiger partial charge in [0.2, 0.25) is 0 Å². The lowest BCUT2D eigenvalue weighted by Gasteiger charge is -2.43. The molecule has 1 unspecified atom stereocenters. The zero-order valence-corrected chi connectivity index (χ0v) is 19.9. The Hall–Kier alpha value is -1.26. The quantitative estimate of drug-likeness (QED) is 0.242. The Morgan fingerprint density at radius 2 is 1.65 bits per heavy atom. The molecule has 1 rings (SSSR count). The predicted octanol–water partition coefficient (Wildman–Crippen LogP) is 1.33. The number of aliphatic hydroxyl groups is 4. The summed E-state index contributed by atoms with van der Waals surface area (Å²) < 4.78 is 11.1. The van der Waals surface area contributed by atoms with Gasteiger partial charge in [-0.15, -0.1) is 0 Å². The van der Waals surface area contributed by atoms with Gasteiger partial charge < -0.3 is 35.1 Å². The number of nitrogens with zero attached hydrogens (tertiary/aromatic N) is 1. The SMILES string of the molecule is CCC1OC(=O)[C@H](C)[C@@H](O)[C@H](C)[C@@H](O)[C@](C)(OC)C[C@@H](C)/C(=N/O)[C@H](C)[C@@H](O)[C@]1(C)O. The van der Waals surface area contributed by atoms with Gasteiger partial charge in [0, 0.05) is 24.9 Å². The second-order valence-corrected chi connectivity index (χ2v) is 9.52. The van der Waals surface area contributed by atoms with Gasteiger partial charge in [-0.2, -0.15) is 0 Å². The van der Waals surface area contributed by atoms with E-state index in [4.69, 9.17) is 9.47 Å². The van der Waals surface area contributed by atoms with E-state index in [-0.39, 0.29) is 18.6 Å². The van der Waals surface area contributed by atoms with E-state index in [0.29, 0.717) is 0 Å². The summed E-state index contributed by atoms with van der Waals surface area (Å²) in [5.74, 6) is -3.72. The molecule has 0 aromatic carbocycles. The Balaban J connectivity index is 3.56. The molecule has 9 nitrogen and oxygen atoms in total. The number of hydrogen-bond donors (Lipinski definition) is 5. The molecule has 1 fully saturated rings. The molecule has 0 bridgehead atoms. The summed E-state index contributed by atoms with van der Waals surface area (Å²) in [6.45, 7) is 11.2. The van der Waals surface area contributed by atoms with Crippen molar-refractivity contribution < 1.29 is 39.9 Å². The van der Waals surface area contributed by atoms with Gasteiger partial charge in [0.15, 0.2) is 0 Å². The van der Waals surface area contributed by atoms with E-state index in [1.165, 1.54) is 21.0 Å². The number of carbonyl (C=O) groups is 1. The molecule has 0 spiro atoms. The highest BCUT2D eigenvalue weighted by atomic mass is 16.6. The van der Waals surface area contributed by atoms with Gasteiger partial charge in [-0.1, -0.05) is 32.9 Å². The highest BCUT2D eigenvalue weighted by Crippen LogP contribution is 2.36. The van der Waals surface area contributed by atoms with Crippen LogP contribution in [0, 0.1) is 23.7 Å². The fourth-order valence-electron chi connectivity index (χ4n) is 4.74. The summed E-state index contributed by atoms with van der Waals surface area (Å²) in [5, 5.41) is 56.9. The predicted molar refractivity (Wildman–Crippen MR) is 115 cm³/mol. The van der Waals surface area contributed by atoms with Gasteiger partial charge in [-0.05, 0) is 33.6 Å². The van der Waals surface area contributed by atoms with Crippen LogP contribution in [0.2, 0.25) is 0 Å². The molecule has 5 N–H and O–H groups in total. The van der Waals surface area contributed by atoms with E-state index < -0.39 is 65.3 Å². The zero-order chi connectivity index (χ0) is 24.3. The lowest BCUT2D eigenvalue weighted by Crippen LogP contribution is -2.57. The minimum Gasteiger partial charge on any atom is -0.459 e. The molecule has 0 aromatic rings. The molecule has 0 aliphatic carbocycles. The van der Waals surface area contributed by atoms with Crippen LogP contribution in [0.15, 0.2) is 5.16 Å². The smallest absolute Gasteiger partial charge is 0.311 e. The third-order valence-electron chi connectivity index (χ3n) is 7.16. The van der Waals surface area contributed by atoms with E-state index >= 15 is 0 Å². The Morgan fingerprint density at radius 1 is 1.10 bits per heavy atom. The van der Waals surface area contributed by atoms with E-state index in [0.717, 1.165) is 0 Å². The first-order valence-corrected chi connectivity index (χ1v) is 10.9. The van der Waals surface area contributed by atoms with Crippen LogP contribution in [0.1, 0.15) is 61.3 Å². The lowest BCUT2D eigenvalue weighted by molar-refractivity contribution is -0.192. The zero-order valence-electron chi connectivity index (χ0n) is 19.9. The van der Waals surface area contributed by atoms with Crippen LogP contribution in [0.5, 0.6) is 0 Å². The van der Waals surface area contributed by atoms with Gasteiger partial charge in [-0.25, -0.2) is 0 Å². The van der Waals surface area contributed by atoms with Crippen molar-refractivity contribution in [3.63, 3.8) is 0 Å². The van der Waals surface area contributed by atoms with Crippen molar-refractivity contribution in [3.8, 4) is 0 Å². The van der Waals surface area contributed by atoms with Crippen molar-refractivity contribution in [2.75, 3.05) is 7.11 Å². The van der Waals surface area contributed by atoms with Crippen LogP contribution in [0.4, 0.5) is 0 Å². The molecule has 1 aliphatic heterocycles. The van der Waals surface area contributed by atoms with E-state index in [1.54, 1.807) is 34.6 Å². The summed E-state index contributed by atoms with van der Waals surface area (Å²) in [5.41, 5.74) is -2.78. The van der Waals surface area contributed by atoms with Crippen molar-refractivity contribution in [2.45, 2.75) is 96.9 Å². The van der Waals surface area contributed by atoms with Gasteiger partial charge in [0.05, 0.1) is 35.5 Å². The molecular formula is C22H41NO8. The van der Waals surface area contributed by atoms with Crippen molar-refractivity contribution in [1.29, 1.82) is 0 Å². The molecule has 9 heteroatoms. The summed E-state index contributed by atoms with van der Waals surface area (Å²) in [6.07, 6.45) is -4.46. The number of cyclic esters (lactones) is 1. The third-order valence-corrected chi connectivity index (χ3v) is 7.16. The fraction of sp³-hybridized carbons (Fsp3) is 0.909. The fourth-order valence-corrected chi connectivity index (χ4v) is 4.74. The Morgan fingerprint density at radius 3 is 2.10 bits per heavy atom. The lowest BCUT2D eigenvalue weighted by atomic mass is 9.74. The summed E-state index contributed by atoms with van der Waals surface area (Å²) >= 11 is 0. The molecular weight excluding hydrogens is 406 g/mol. The highest BCUT2D eigenvalue weighted by Gasteiger charge is 2.48. The maximum absolute atomic E-state index is 12.7. The molecule has 0 amide bonds. The summed E-state index contributed by atoms with van der Waals surface area (Å²) in [4.78, 5) is 12.7. The molecule has 1 aliphatic rings. The van der Waals surface area contributed by atoms with Crippen LogP contribution in [0.3, 0.4) is 0 Å². The Labute approximate surface area is 185 Å². The molecule has 10 atom stereocenters. The van der Waals surface area contributed by atoms with Gasteiger partial charge >= 0.3 is 5.97 Å². The third kappa shape index (κ3) is 5.57. The maximum atomic E-state index is 12.7. The van der Waals surface area contributed by atoms with Crippen LogP contribution < -0.4 is 0 Å². The average molecular weight is 448 g/mol. The first kappa shape index (κ1) is 27.8. The number of ether oxygens (including phenoxy) is 2. The van der Waals surface area contributed by atoms with Gasteiger partial charge in [0.25, 0.3) is 0 Å². The molecule has 0 saturated carbocycles. The summed E-state index contributed by atoms with van der Waals surface area (Å²) in [7, 11) is 1.43. The number of methoxy groups -OCH3 is 1. The molecule has 31 heavy (non-hydrogen) atoms. The first-order chi connectivity index (χ1) is 14.2. The average Bonchev–Trinajstić information content (AvgIpc) is 2.73. The molecule has 1 saturated heterocycles. The number of oxime groups is 1. The monoisotopic (exact) mass is 447 g/mol. The summed E-state index contributed by atoms with van der Waals surface area (Å²) in [6, 6.07) is 0. The number of hydrogen-bond acceptors (Lipinski definition) is 9. The standard InChI is InChI=1S/C22H41NO8/c1-9-15-22(7,28)19(26)12(3)16(23-29)11(2)10-21(6,30-8)18(25)13(4)17(24)14(5)20(27)31-15/h11-15,17-19,24-26,28-29H,9-10H2,1-8H3/b23-16-/t11-,12+,13+,14-,15?,17+,18-,19-,21-,22-/m1/s1. The number of carbonyl (C=O) groups excluding carboxylic acids is 1. The van der Waals surface area contributed by atoms with Crippen molar-refractivity contribution in [3.05, 3.63) is 0 Å². The molecule has 0 aromatic heterocycles. The van der Waals surface area contributed by atoms with Crippen LogP contribution >= 0.6 is 0 Å². The second kappa shape index (κ2) is 10.6. The minimum atomic E-state index is -1.84. The number of aliphatic hydroxyl groups excluding tert-OH is 3. The second-order valence-electron chi connectivity index (χ2n) is 9.52. The highest BCUT2D eigenvalue weighted by molar-refractivity contribution is 5.88. The normalized spacial score (nSPS) is 47.6. The Bertz CT molecular complexity index is 639. The maximum Gasteiger partial charge on any atom is 0.311 e.